The number of carbonyl (C=O) groups excluding carboxylic acids is 1. The fourth-order valence-electron chi connectivity index (χ4n) is 1.81. The van der Waals surface area contributed by atoms with Crippen molar-refractivity contribution >= 4 is 6.29 Å². The number of hydrogen-bond donors (Lipinski definition) is 2. The predicted octanol–water partition coefficient (Wildman–Crippen LogP) is 0.345. The zero-order valence-electron chi connectivity index (χ0n) is 7.15. The summed E-state index contributed by atoms with van der Waals surface area (Å²) in [4.78, 5) is 10.4. The van der Waals surface area contributed by atoms with Crippen molar-refractivity contribution in [2.24, 2.45) is 11.8 Å². The summed E-state index contributed by atoms with van der Waals surface area (Å²) in [6.45, 7) is -0.156. The lowest BCUT2D eigenvalue weighted by Crippen LogP contribution is -2.28. The van der Waals surface area contributed by atoms with Crippen molar-refractivity contribution in [1.29, 1.82) is 0 Å². The molecule has 0 bridgehead atoms. The first kappa shape index (κ1) is 9.68. The number of carbonyl (C=O) groups is 1. The molecule has 0 spiro atoms. The highest BCUT2D eigenvalue weighted by molar-refractivity contribution is 5.53. The highest BCUT2D eigenvalue weighted by Crippen LogP contribution is 2.29. The summed E-state index contributed by atoms with van der Waals surface area (Å²) in [5.74, 6) is 0.387. The van der Waals surface area contributed by atoms with E-state index in [0.29, 0.717) is 0 Å². The molecule has 2 N–H and O–H groups in total. The van der Waals surface area contributed by atoms with Gasteiger partial charge in [-0.05, 0) is 31.6 Å². The Hall–Kier alpha value is -0.410. The fourth-order valence-corrected chi connectivity index (χ4v) is 1.81. The van der Waals surface area contributed by atoms with Crippen LogP contribution in [0.25, 0.3) is 0 Å². The number of aldehydes is 1. The first-order valence-electron chi connectivity index (χ1n) is 4.52. The zero-order chi connectivity index (χ0) is 8.97. The van der Waals surface area contributed by atoms with Gasteiger partial charge in [0.2, 0.25) is 0 Å². The first-order valence-corrected chi connectivity index (χ1v) is 4.52. The van der Waals surface area contributed by atoms with Crippen LogP contribution in [0.2, 0.25) is 0 Å². The Kier molecular flexibility index (Phi) is 3.69. The van der Waals surface area contributed by atoms with Crippen molar-refractivity contribution in [3.8, 4) is 0 Å². The van der Waals surface area contributed by atoms with Gasteiger partial charge in [0.1, 0.15) is 6.29 Å². The molecule has 0 aromatic heterocycles. The summed E-state index contributed by atoms with van der Waals surface area (Å²) < 4.78 is 0. The van der Waals surface area contributed by atoms with Crippen LogP contribution in [0, 0.1) is 11.8 Å². The van der Waals surface area contributed by atoms with Crippen molar-refractivity contribution in [3.63, 3.8) is 0 Å². The summed E-state index contributed by atoms with van der Waals surface area (Å²) in [7, 11) is 0. The third-order valence-electron chi connectivity index (χ3n) is 2.74. The van der Waals surface area contributed by atoms with E-state index in [1.807, 2.05) is 0 Å². The van der Waals surface area contributed by atoms with Gasteiger partial charge in [-0.1, -0.05) is 0 Å². The molecule has 70 valence electrons. The summed E-state index contributed by atoms with van der Waals surface area (Å²) >= 11 is 0. The topological polar surface area (TPSA) is 57.5 Å². The minimum absolute atomic E-state index is 0.156. The van der Waals surface area contributed by atoms with E-state index >= 15 is 0 Å². The quantitative estimate of drug-likeness (QED) is 0.604. The van der Waals surface area contributed by atoms with E-state index in [9.17, 15) is 9.90 Å². The van der Waals surface area contributed by atoms with Crippen molar-refractivity contribution in [2.45, 2.75) is 31.8 Å². The molecule has 3 heteroatoms. The molecule has 1 rings (SSSR count). The van der Waals surface area contributed by atoms with Gasteiger partial charge in [-0.25, -0.2) is 0 Å². The molecule has 1 saturated carbocycles. The molecule has 0 radical (unpaired) electrons. The Morgan fingerprint density at radius 2 is 1.92 bits per heavy atom. The van der Waals surface area contributed by atoms with E-state index in [1.165, 1.54) is 0 Å². The van der Waals surface area contributed by atoms with Crippen LogP contribution in [-0.2, 0) is 4.79 Å². The third kappa shape index (κ3) is 2.29. The maximum Gasteiger partial charge on any atom is 0.123 e. The molecule has 1 aliphatic carbocycles. The minimum atomic E-state index is -0.586. The van der Waals surface area contributed by atoms with Crippen LogP contribution in [0.3, 0.4) is 0 Å². The van der Waals surface area contributed by atoms with Crippen LogP contribution in [-0.4, -0.2) is 29.2 Å². The van der Waals surface area contributed by atoms with E-state index in [4.69, 9.17) is 5.11 Å². The van der Waals surface area contributed by atoms with Gasteiger partial charge in [0, 0.05) is 5.92 Å². The van der Waals surface area contributed by atoms with E-state index in [2.05, 4.69) is 0 Å². The zero-order valence-corrected chi connectivity index (χ0v) is 7.15. The van der Waals surface area contributed by atoms with Gasteiger partial charge in [0.05, 0.1) is 12.7 Å². The molecule has 1 fully saturated rings. The molecule has 1 atom stereocenters. The lowest BCUT2D eigenvalue weighted by molar-refractivity contribution is -0.112. The van der Waals surface area contributed by atoms with Crippen molar-refractivity contribution < 1.29 is 15.0 Å². The maximum absolute atomic E-state index is 10.4. The van der Waals surface area contributed by atoms with Crippen LogP contribution in [0.5, 0.6) is 0 Å². The van der Waals surface area contributed by atoms with Gasteiger partial charge in [0.25, 0.3) is 0 Å². The van der Waals surface area contributed by atoms with Crippen molar-refractivity contribution in [3.05, 3.63) is 0 Å². The highest BCUT2D eigenvalue weighted by atomic mass is 16.3. The second-order valence-corrected chi connectivity index (χ2v) is 3.56. The molecular formula is C9H16O3. The van der Waals surface area contributed by atoms with E-state index in [-0.39, 0.29) is 18.4 Å². The molecule has 1 unspecified atom stereocenters. The standard InChI is InChI=1S/C9H16O3/c10-5-7-1-3-8(4-2-7)9(12)6-11/h5,7-9,11-12H,1-4,6H2. The van der Waals surface area contributed by atoms with Gasteiger partial charge in [-0.2, -0.15) is 0 Å². The van der Waals surface area contributed by atoms with E-state index in [1.54, 1.807) is 0 Å². The molecule has 3 nitrogen and oxygen atoms in total. The largest absolute Gasteiger partial charge is 0.394 e. The lowest BCUT2D eigenvalue weighted by atomic mass is 9.80. The molecule has 0 heterocycles. The molecule has 0 amide bonds. The van der Waals surface area contributed by atoms with E-state index < -0.39 is 6.10 Å². The van der Waals surface area contributed by atoms with Gasteiger partial charge >= 0.3 is 0 Å². The number of hydrogen-bond acceptors (Lipinski definition) is 3. The Morgan fingerprint density at radius 3 is 2.33 bits per heavy atom. The van der Waals surface area contributed by atoms with Crippen LogP contribution in [0.4, 0.5) is 0 Å². The second kappa shape index (κ2) is 4.58. The minimum Gasteiger partial charge on any atom is -0.394 e. The lowest BCUT2D eigenvalue weighted by Gasteiger charge is -2.28. The third-order valence-corrected chi connectivity index (χ3v) is 2.74. The summed E-state index contributed by atoms with van der Waals surface area (Å²) in [6.07, 6.45) is 3.88. The fraction of sp³-hybridized carbons (Fsp3) is 0.889. The molecular weight excluding hydrogens is 156 g/mol. The Morgan fingerprint density at radius 1 is 1.33 bits per heavy atom. The van der Waals surface area contributed by atoms with Crippen LogP contribution < -0.4 is 0 Å². The highest BCUT2D eigenvalue weighted by Gasteiger charge is 2.25. The van der Waals surface area contributed by atoms with Gasteiger partial charge < -0.3 is 15.0 Å². The first-order chi connectivity index (χ1) is 5.77. The van der Waals surface area contributed by atoms with Crippen LogP contribution >= 0.6 is 0 Å². The Balaban J connectivity index is 2.30. The molecule has 0 aromatic rings. The van der Waals surface area contributed by atoms with Crippen molar-refractivity contribution in [2.75, 3.05) is 6.61 Å². The number of aliphatic hydroxyl groups excluding tert-OH is 2. The van der Waals surface area contributed by atoms with E-state index in [0.717, 1.165) is 32.0 Å². The average Bonchev–Trinajstić information content (AvgIpc) is 2.17. The normalized spacial score (nSPS) is 32.8. The molecule has 12 heavy (non-hydrogen) atoms. The molecule has 0 aliphatic heterocycles. The molecule has 1 aliphatic rings. The SMILES string of the molecule is O=CC1CCC(C(O)CO)CC1. The van der Waals surface area contributed by atoms with Crippen molar-refractivity contribution in [1.82, 2.24) is 0 Å². The smallest absolute Gasteiger partial charge is 0.123 e. The van der Waals surface area contributed by atoms with Gasteiger partial charge in [0.15, 0.2) is 0 Å². The predicted molar refractivity (Wildman–Crippen MR) is 44.6 cm³/mol. The Bertz CT molecular complexity index is 139. The second-order valence-electron chi connectivity index (χ2n) is 3.56. The molecule has 0 saturated heterocycles. The van der Waals surface area contributed by atoms with Crippen LogP contribution in [0.1, 0.15) is 25.7 Å². The van der Waals surface area contributed by atoms with Gasteiger partial charge in [-0.3, -0.25) is 0 Å². The summed E-state index contributed by atoms with van der Waals surface area (Å²) in [5, 5.41) is 18.0. The summed E-state index contributed by atoms with van der Waals surface area (Å²) in [5.41, 5.74) is 0. The summed E-state index contributed by atoms with van der Waals surface area (Å²) in [6, 6.07) is 0. The molecule has 0 aromatic carbocycles. The van der Waals surface area contributed by atoms with Crippen LogP contribution in [0.15, 0.2) is 0 Å². The monoisotopic (exact) mass is 172 g/mol. The number of rotatable bonds is 3. The number of aliphatic hydroxyl groups is 2. The Labute approximate surface area is 72.4 Å². The van der Waals surface area contributed by atoms with Gasteiger partial charge in [-0.15, -0.1) is 0 Å². The average molecular weight is 172 g/mol. The maximum atomic E-state index is 10.4.